The minimum atomic E-state index is -3.23. The summed E-state index contributed by atoms with van der Waals surface area (Å²) in [6.45, 7) is 0. The molecule has 0 bridgehead atoms. The molecular formula is C20H15NO3S3. The number of nitrogens with zero attached hydrogens (tertiary/aromatic N) is 1. The van der Waals surface area contributed by atoms with E-state index in [0.29, 0.717) is 4.90 Å². The number of benzene rings is 3. The maximum atomic E-state index is 11.8. The monoisotopic (exact) mass is 413 g/mol. The van der Waals surface area contributed by atoms with Gasteiger partial charge in [0, 0.05) is 6.26 Å². The zero-order chi connectivity index (χ0) is 18.9. The fourth-order valence-corrected chi connectivity index (χ4v) is 5.34. The van der Waals surface area contributed by atoms with E-state index < -0.39 is 9.84 Å². The Labute approximate surface area is 165 Å². The van der Waals surface area contributed by atoms with E-state index in [1.165, 1.54) is 29.4 Å². The number of para-hydroxylation sites is 2. The smallest absolute Gasteiger partial charge is 0.175 e. The van der Waals surface area contributed by atoms with Gasteiger partial charge in [-0.3, -0.25) is 0 Å². The van der Waals surface area contributed by atoms with Gasteiger partial charge in [0.05, 0.1) is 20.0 Å². The van der Waals surface area contributed by atoms with Crippen molar-refractivity contribution in [2.24, 2.45) is 0 Å². The van der Waals surface area contributed by atoms with Crippen LogP contribution in [0.5, 0.6) is 11.5 Å². The van der Waals surface area contributed by atoms with Crippen molar-refractivity contribution >= 4 is 43.2 Å². The number of thiazole rings is 1. The number of ether oxygens (including phenoxy) is 1. The molecule has 0 atom stereocenters. The van der Waals surface area contributed by atoms with E-state index in [-0.39, 0.29) is 0 Å². The highest BCUT2D eigenvalue weighted by molar-refractivity contribution is 8.01. The summed E-state index contributed by atoms with van der Waals surface area (Å²) in [7, 11) is -3.23. The first-order chi connectivity index (χ1) is 13.0. The van der Waals surface area contributed by atoms with E-state index >= 15 is 0 Å². The van der Waals surface area contributed by atoms with Crippen molar-refractivity contribution in [2.75, 3.05) is 6.26 Å². The number of sulfone groups is 1. The largest absolute Gasteiger partial charge is 0.456 e. The van der Waals surface area contributed by atoms with Gasteiger partial charge in [-0.1, -0.05) is 42.1 Å². The highest BCUT2D eigenvalue weighted by Gasteiger charge is 2.13. The van der Waals surface area contributed by atoms with Crippen molar-refractivity contribution in [1.29, 1.82) is 0 Å². The lowest BCUT2D eigenvalue weighted by Crippen LogP contribution is -1.95. The molecule has 0 aliphatic rings. The first-order valence-electron chi connectivity index (χ1n) is 8.09. The van der Waals surface area contributed by atoms with Crippen LogP contribution in [-0.2, 0) is 9.84 Å². The Morgan fingerprint density at radius 3 is 2.48 bits per heavy atom. The molecule has 0 saturated carbocycles. The molecule has 0 fully saturated rings. The minimum Gasteiger partial charge on any atom is -0.456 e. The second-order valence-electron chi connectivity index (χ2n) is 5.85. The summed E-state index contributed by atoms with van der Waals surface area (Å²) in [5.74, 6) is 1.53. The van der Waals surface area contributed by atoms with E-state index in [9.17, 15) is 8.42 Å². The molecular weight excluding hydrogens is 398 g/mol. The predicted molar refractivity (Wildman–Crippen MR) is 110 cm³/mol. The van der Waals surface area contributed by atoms with Crippen molar-refractivity contribution < 1.29 is 13.2 Å². The molecule has 4 aromatic rings. The average molecular weight is 414 g/mol. The maximum Gasteiger partial charge on any atom is 0.175 e. The van der Waals surface area contributed by atoms with Gasteiger partial charge in [0.25, 0.3) is 0 Å². The van der Waals surface area contributed by atoms with Crippen LogP contribution in [0.2, 0.25) is 0 Å². The van der Waals surface area contributed by atoms with Crippen LogP contribution < -0.4 is 4.74 Å². The molecule has 7 heteroatoms. The maximum absolute atomic E-state index is 11.8. The zero-order valence-electron chi connectivity index (χ0n) is 14.3. The number of hydrogen-bond acceptors (Lipinski definition) is 6. The second kappa shape index (κ2) is 7.34. The fraction of sp³-hybridized carbons (Fsp3) is 0.0500. The lowest BCUT2D eigenvalue weighted by molar-refractivity contribution is 0.471. The summed E-state index contributed by atoms with van der Waals surface area (Å²) < 4.78 is 31.2. The first kappa shape index (κ1) is 18.0. The van der Waals surface area contributed by atoms with E-state index in [2.05, 4.69) is 4.98 Å². The van der Waals surface area contributed by atoms with Gasteiger partial charge in [0.1, 0.15) is 11.5 Å². The van der Waals surface area contributed by atoms with Gasteiger partial charge in [-0.2, -0.15) is 0 Å². The molecule has 0 unspecified atom stereocenters. The van der Waals surface area contributed by atoms with E-state index in [0.717, 1.165) is 31.0 Å². The quantitative estimate of drug-likeness (QED) is 0.424. The lowest BCUT2D eigenvalue weighted by atomic mass is 10.3. The van der Waals surface area contributed by atoms with Gasteiger partial charge >= 0.3 is 0 Å². The predicted octanol–water partition coefficient (Wildman–Crippen LogP) is 5.64. The Hall–Kier alpha value is -2.35. The first-order valence-corrected chi connectivity index (χ1v) is 11.6. The van der Waals surface area contributed by atoms with Crippen molar-refractivity contribution in [3.63, 3.8) is 0 Å². The molecule has 0 aliphatic carbocycles. The van der Waals surface area contributed by atoms with Crippen LogP contribution in [0.25, 0.3) is 10.2 Å². The van der Waals surface area contributed by atoms with Crippen LogP contribution in [-0.4, -0.2) is 19.7 Å². The number of aromatic nitrogens is 1. The average Bonchev–Trinajstić information content (AvgIpc) is 3.05. The number of fused-ring (bicyclic) bond motifs is 1. The fourth-order valence-electron chi connectivity index (χ4n) is 2.49. The molecule has 0 spiro atoms. The summed E-state index contributed by atoms with van der Waals surface area (Å²) in [6, 6.07) is 22.4. The number of rotatable bonds is 5. The van der Waals surface area contributed by atoms with Crippen LogP contribution in [0.3, 0.4) is 0 Å². The van der Waals surface area contributed by atoms with Gasteiger partial charge in [-0.05, 0) is 42.5 Å². The minimum absolute atomic E-state index is 0.308. The van der Waals surface area contributed by atoms with Crippen LogP contribution in [0.1, 0.15) is 0 Å². The standard InChI is InChI=1S/C20H15NO3S3/c1-27(22,23)15-11-12-16-19(13-15)26-20(21-16)25-18-10-6-5-9-17(18)24-14-7-3-2-4-8-14/h2-13H,1H3. The Morgan fingerprint density at radius 1 is 0.963 bits per heavy atom. The Bertz CT molecular complexity index is 1200. The summed E-state index contributed by atoms with van der Waals surface area (Å²) in [5.41, 5.74) is 0.788. The van der Waals surface area contributed by atoms with Gasteiger partial charge in [0.15, 0.2) is 14.2 Å². The zero-order valence-corrected chi connectivity index (χ0v) is 16.8. The van der Waals surface area contributed by atoms with Crippen LogP contribution in [0.15, 0.2) is 86.9 Å². The molecule has 27 heavy (non-hydrogen) atoms. The summed E-state index contributed by atoms with van der Waals surface area (Å²) in [6.07, 6.45) is 1.21. The summed E-state index contributed by atoms with van der Waals surface area (Å²) >= 11 is 2.97. The topological polar surface area (TPSA) is 56.3 Å². The molecule has 0 amide bonds. The molecule has 3 aromatic carbocycles. The van der Waals surface area contributed by atoms with E-state index in [1.807, 2.05) is 54.6 Å². The summed E-state index contributed by atoms with van der Waals surface area (Å²) in [4.78, 5) is 5.87. The number of hydrogen-bond donors (Lipinski definition) is 0. The molecule has 0 aliphatic heterocycles. The molecule has 1 heterocycles. The van der Waals surface area contributed by atoms with Gasteiger partial charge < -0.3 is 4.74 Å². The SMILES string of the molecule is CS(=O)(=O)c1ccc2nc(Sc3ccccc3Oc3ccccc3)sc2c1. The highest BCUT2D eigenvalue weighted by Crippen LogP contribution is 2.40. The van der Waals surface area contributed by atoms with Crippen molar-refractivity contribution in [1.82, 2.24) is 4.98 Å². The van der Waals surface area contributed by atoms with Crippen LogP contribution in [0, 0.1) is 0 Å². The molecule has 136 valence electrons. The Kier molecular flexibility index (Phi) is 4.90. The van der Waals surface area contributed by atoms with Crippen molar-refractivity contribution in [3.05, 3.63) is 72.8 Å². The highest BCUT2D eigenvalue weighted by atomic mass is 32.2. The lowest BCUT2D eigenvalue weighted by Gasteiger charge is -2.09. The molecule has 4 rings (SSSR count). The normalized spacial score (nSPS) is 11.6. The third-order valence-corrected chi connectivity index (χ3v) is 7.03. The second-order valence-corrected chi connectivity index (χ2v) is 10.2. The molecule has 0 N–H and O–H groups in total. The summed E-state index contributed by atoms with van der Waals surface area (Å²) in [5, 5.41) is 0. The third-order valence-electron chi connectivity index (χ3n) is 3.79. The van der Waals surface area contributed by atoms with E-state index in [4.69, 9.17) is 4.74 Å². The van der Waals surface area contributed by atoms with Gasteiger partial charge in [-0.25, -0.2) is 13.4 Å². The Morgan fingerprint density at radius 2 is 1.70 bits per heavy atom. The van der Waals surface area contributed by atoms with Crippen molar-refractivity contribution in [2.45, 2.75) is 14.1 Å². The third kappa shape index (κ3) is 4.16. The molecule has 4 nitrogen and oxygen atoms in total. The van der Waals surface area contributed by atoms with Gasteiger partial charge in [0.2, 0.25) is 0 Å². The van der Waals surface area contributed by atoms with E-state index in [1.54, 1.807) is 18.2 Å². The van der Waals surface area contributed by atoms with Gasteiger partial charge in [-0.15, -0.1) is 11.3 Å². The molecule has 0 saturated heterocycles. The van der Waals surface area contributed by atoms with Crippen LogP contribution >= 0.6 is 23.1 Å². The molecule has 1 aromatic heterocycles. The Balaban J connectivity index is 1.64. The van der Waals surface area contributed by atoms with Crippen molar-refractivity contribution in [3.8, 4) is 11.5 Å². The van der Waals surface area contributed by atoms with Crippen LogP contribution in [0.4, 0.5) is 0 Å². The molecule has 0 radical (unpaired) electrons.